The topological polar surface area (TPSA) is 68.1 Å². The summed E-state index contributed by atoms with van der Waals surface area (Å²) >= 11 is 0. The standard InChI is InChI=1S/C14H15N3O2/c1-10-8-13(5-6-14(10)17(18)19)16-11(2)12-4-3-7-15-9-12/h3-9,11,16H,1-2H3. The van der Waals surface area contributed by atoms with Crippen molar-refractivity contribution in [1.29, 1.82) is 0 Å². The quantitative estimate of drug-likeness (QED) is 0.672. The molecule has 0 spiro atoms. The molecule has 1 aromatic heterocycles. The van der Waals surface area contributed by atoms with E-state index < -0.39 is 0 Å². The van der Waals surface area contributed by atoms with Gasteiger partial charge in [-0.1, -0.05) is 6.07 Å². The van der Waals surface area contributed by atoms with Crippen molar-refractivity contribution < 1.29 is 4.92 Å². The van der Waals surface area contributed by atoms with Crippen LogP contribution in [0.25, 0.3) is 0 Å². The highest BCUT2D eigenvalue weighted by Crippen LogP contribution is 2.24. The fourth-order valence-corrected chi connectivity index (χ4v) is 1.92. The third kappa shape index (κ3) is 3.07. The number of anilines is 1. The summed E-state index contributed by atoms with van der Waals surface area (Å²) in [6, 6.07) is 8.99. The molecule has 0 aliphatic rings. The summed E-state index contributed by atoms with van der Waals surface area (Å²) in [6.07, 6.45) is 3.53. The minimum absolute atomic E-state index is 0.0922. The van der Waals surface area contributed by atoms with Gasteiger partial charge in [0, 0.05) is 29.7 Å². The molecule has 5 nitrogen and oxygen atoms in total. The van der Waals surface area contributed by atoms with Gasteiger partial charge in [0.2, 0.25) is 0 Å². The van der Waals surface area contributed by atoms with Crippen LogP contribution in [0.4, 0.5) is 11.4 Å². The molecule has 19 heavy (non-hydrogen) atoms. The minimum atomic E-state index is -0.371. The number of nitrogens with one attached hydrogen (secondary N) is 1. The van der Waals surface area contributed by atoms with Crippen molar-refractivity contribution >= 4 is 11.4 Å². The lowest BCUT2D eigenvalue weighted by atomic mass is 10.1. The van der Waals surface area contributed by atoms with E-state index in [2.05, 4.69) is 10.3 Å². The summed E-state index contributed by atoms with van der Waals surface area (Å²) in [5.41, 5.74) is 2.71. The molecule has 2 aromatic rings. The first-order valence-corrected chi connectivity index (χ1v) is 5.99. The van der Waals surface area contributed by atoms with Crippen LogP contribution in [0, 0.1) is 17.0 Å². The molecule has 1 aromatic carbocycles. The Bertz CT molecular complexity index is 584. The number of pyridine rings is 1. The average Bonchev–Trinajstić information content (AvgIpc) is 2.39. The maximum absolute atomic E-state index is 10.8. The number of aryl methyl sites for hydroxylation is 1. The molecular formula is C14H15N3O2. The maximum Gasteiger partial charge on any atom is 0.272 e. The molecular weight excluding hydrogens is 242 g/mol. The SMILES string of the molecule is Cc1cc(NC(C)c2cccnc2)ccc1[N+](=O)[O-]. The Morgan fingerprint density at radius 2 is 2.16 bits per heavy atom. The minimum Gasteiger partial charge on any atom is -0.378 e. The second-order valence-electron chi connectivity index (χ2n) is 4.41. The summed E-state index contributed by atoms with van der Waals surface area (Å²) < 4.78 is 0. The van der Waals surface area contributed by atoms with Crippen LogP contribution in [0.3, 0.4) is 0 Å². The second-order valence-corrected chi connectivity index (χ2v) is 4.41. The van der Waals surface area contributed by atoms with Crippen molar-refractivity contribution in [3.8, 4) is 0 Å². The van der Waals surface area contributed by atoms with Crippen molar-refractivity contribution in [2.45, 2.75) is 19.9 Å². The smallest absolute Gasteiger partial charge is 0.272 e. The third-order valence-electron chi connectivity index (χ3n) is 2.96. The summed E-state index contributed by atoms with van der Waals surface area (Å²) in [4.78, 5) is 14.5. The Labute approximate surface area is 111 Å². The highest BCUT2D eigenvalue weighted by Gasteiger charge is 2.11. The Kier molecular flexibility index (Phi) is 3.75. The molecule has 0 amide bonds. The van der Waals surface area contributed by atoms with Gasteiger partial charge in [0.25, 0.3) is 5.69 Å². The van der Waals surface area contributed by atoms with Crippen LogP contribution in [0.2, 0.25) is 0 Å². The van der Waals surface area contributed by atoms with Gasteiger partial charge < -0.3 is 5.32 Å². The van der Waals surface area contributed by atoms with Gasteiger partial charge in [-0.3, -0.25) is 15.1 Å². The van der Waals surface area contributed by atoms with Crippen molar-refractivity contribution in [3.05, 3.63) is 64.0 Å². The van der Waals surface area contributed by atoms with Crippen LogP contribution in [0.1, 0.15) is 24.1 Å². The van der Waals surface area contributed by atoms with E-state index in [1.54, 1.807) is 31.5 Å². The first kappa shape index (κ1) is 13.0. The van der Waals surface area contributed by atoms with Gasteiger partial charge in [-0.25, -0.2) is 0 Å². The van der Waals surface area contributed by atoms with Gasteiger partial charge in [-0.15, -0.1) is 0 Å². The molecule has 5 heteroatoms. The van der Waals surface area contributed by atoms with Crippen molar-refractivity contribution in [3.63, 3.8) is 0 Å². The van der Waals surface area contributed by atoms with Gasteiger partial charge in [0.15, 0.2) is 0 Å². The molecule has 0 fully saturated rings. The summed E-state index contributed by atoms with van der Waals surface area (Å²) in [6.45, 7) is 3.76. The van der Waals surface area contributed by atoms with Crippen molar-refractivity contribution in [1.82, 2.24) is 4.98 Å². The maximum atomic E-state index is 10.8. The predicted octanol–water partition coefficient (Wildman–Crippen LogP) is 3.47. The number of rotatable bonds is 4. The highest BCUT2D eigenvalue weighted by molar-refractivity contribution is 5.54. The molecule has 0 saturated heterocycles. The zero-order valence-corrected chi connectivity index (χ0v) is 10.8. The van der Waals surface area contributed by atoms with E-state index in [1.807, 2.05) is 19.1 Å². The van der Waals surface area contributed by atoms with Crippen LogP contribution in [-0.2, 0) is 0 Å². The number of aromatic nitrogens is 1. The van der Waals surface area contributed by atoms with E-state index >= 15 is 0 Å². The van der Waals surface area contributed by atoms with E-state index in [1.165, 1.54) is 6.07 Å². The number of hydrogen-bond acceptors (Lipinski definition) is 4. The lowest BCUT2D eigenvalue weighted by Gasteiger charge is -2.15. The van der Waals surface area contributed by atoms with Crippen LogP contribution < -0.4 is 5.32 Å². The molecule has 2 rings (SSSR count). The van der Waals surface area contributed by atoms with Gasteiger partial charge in [0.05, 0.1) is 11.0 Å². The summed E-state index contributed by atoms with van der Waals surface area (Å²) in [5.74, 6) is 0. The van der Waals surface area contributed by atoms with Crippen LogP contribution in [0.15, 0.2) is 42.7 Å². The summed E-state index contributed by atoms with van der Waals surface area (Å²) in [7, 11) is 0. The molecule has 0 aliphatic heterocycles. The molecule has 0 aliphatic carbocycles. The normalized spacial score (nSPS) is 11.9. The largest absolute Gasteiger partial charge is 0.378 e. The first-order chi connectivity index (χ1) is 9.08. The van der Waals surface area contributed by atoms with E-state index in [9.17, 15) is 10.1 Å². The Morgan fingerprint density at radius 3 is 2.74 bits per heavy atom. The lowest BCUT2D eigenvalue weighted by molar-refractivity contribution is -0.385. The van der Waals surface area contributed by atoms with Gasteiger partial charge >= 0.3 is 0 Å². The first-order valence-electron chi connectivity index (χ1n) is 5.99. The Balaban J connectivity index is 2.16. The zero-order valence-electron chi connectivity index (χ0n) is 10.8. The van der Waals surface area contributed by atoms with E-state index in [0.29, 0.717) is 5.56 Å². The van der Waals surface area contributed by atoms with Gasteiger partial charge in [-0.05, 0) is 37.6 Å². The number of benzene rings is 1. The summed E-state index contributed by atoms with van der Waals surface area (Å²) in [5, 5.41) is 14.1. The molecule has 0 saturated carbocycles. The number of hydrogen-bond donors (Lipinski definition) is 1. The van der Waals surface area contributed by atoms with Crippen LogP contribution in [0.5, 0.6) is 0 Å². The number of nitro benzene ring substituents is 1. The highest BCUT2D eigenvalue weighted by atomic mass is 16.6. The Morgan fingerprint density at radius 1 is 1.37 bits per heavy atom. The van der Waals surface area contributed by atoms with Crippen LogP contribution >= 0.6 is 0 Å². The molecule has 1 unspecified atom stereocenters. The van der Waals surface area contributed by atoms with E-state index in [0.717, 1.165) is 11.3 Å². The number of nitrogens with zero attached hydrogens (tertiary/aromatic N) is 2. The molecule has 1 atom stereocenters. The van der Waals surface area contributed by atoms with E-state index in [4.69, 9.17) is 0 Å². The van der Waals surface area contributed by atoms with Crippen LogP contribution in [-0.4, -0.2) is 9.91 Å². The van der Waals surface area contributed by atoms with Gasteiger partial charge in [0.1, 0.15) is 0 Å². The average molecular weight is 257 g/mol. The number of nitro groups is 1. The molecule has 1 N–H and O–H groups in total. The molecule has 0 radical (unpaired) electrons. The fourth-order valence-electron chi connectivity index (χ4n) is 1.92. The Hall–Kier alpha value is -2.43. The van der Waals surface area contributed by atoms with Gasteiger partial charge in [-0.2, -0.15) is 0 Å². The van der Waals surface area contributed by atoms with E-state index in [-0.39, 0.29) is 16.7 Å². The van der Waals surface area contributed by atoms with Crippen molar-refractivity contribution in [2.24, 2.45) is 0 Å². The predicted molar refractivity (Wildman–Crippen MR) is 74.1 cm³/mol. The molecule has 1 heterocycles. The van der Waals surface area contributed by atoms with Crippen molar-refractivity contribution in [2.75, 3.05) is 5.32 Å². The second kappa shape index (κ2) is 5.48. The third-order valence-corrected chi connectivity index (χ3v) is 2.96. The molecule has 0 bridgehead atoms. The zero-order chi connectivity index (χ0) is 13.8. The molecule has 98 valence electrons. The lowest BCUT2D eigenvalue weighted by Crippen LogP contribution is -2.07. The fraction of sp³-hybridized carbons (Fsp3) is 0.214. The monoisotopic (exact) mass is 257 g/mol.